The number of carbonyl (C=O) groups excluding carboxylic acids is 1. The van der Waals surface area contributed by atoms with Gasteiger partial charge in [0.1, 0.15) is 0 Å². The molecule has 0 aliphatic carbocycles. The zero-order valence-corrected chi connectivity index (χ0v) is 15.1. The number of carbonyl (C=O) groups is 1. The van der Waals surface area contributed by atoms with Crippen molar-refractivity contribution in [2.45, 2.75) is 5.37 Å². The van der Waals surface area contributed by atoms with E-state index in [1.54, 1.807) is 4.90 Å². The number of nitrogens with zero attached hydrogens (tertiary/aromatic N) is 1. The van der Waals surface area contributed by atoms with Crippen LogP contribution in [0.2, 0.25) is 0 Å². The zero-order chi connectivity index (χ0) is 11.7. The van der Waals surface area contributed by atoms with E-state index in [0.29, 0.717) is 0 Å². The van der Waals surface area contributed by atoms with Crippen molar-refractivity contribution in [3.8, 4) is 0 Å². The summed E-state index contributed by atoms with van der Waals surface area (Å²) in [5.41, 5.74) is 0. The van der Waals surface area contributed by atoms with Crippen molar-refractivity contribution in [1.29, 1.82) is 0 Å². The molecule has 0 aromatic heterocycles. The van der Waals surface area contributed by atoms with Gasteiger partial charge >= 0.3 is 0 Å². The average molecular weight is 358 g/mol. The third kappa shape index (κ3) is 3.39. The van der Waals surface area contributed by atoms with Crippen molar-refractivity contribution < 1.29 is 37.5 Å². The van der Waals surface area contributed by atoms with Gasteiger partial charge in [0.25, 0.3) is 0 Å². The molecule has 1 aromatic carbocycles. The van der Waals surface area contributed by atoms with Gasteiger partial charge in [-0.05, 0) is 5.30 Å². The Kier molecular flexibility index (Phi) is 6.30. The molecule has 2 rings (SSSR count). The SMILES string of the molecule is [CH2-]C1C(=O)N(C)C1[S-](=P)=Pc1ccccc1.[Y]. The van der Waals surface area contributed by atoms with Crippen LogP contribution in [0.15, 0.2) is 30.3 Å². The Labute approximate surface area is 133 Å². The molecule has 1 fully saturated rings. The normalized spacial score (nSPS) is 25.1. The van der Waals surface area contributed by atoms with Crippen LogP contribution in [-0.2, 0) is 46.8 Å². The van der Waals surface area contributed by atoms with Crippen LogP contribution in [0.5, 0.6) is 0 Å². The molecular weight excluding hydrogens is 345 g/mol. The molecule has 1 heterocycles. The van der Waals surface area contributed by atoms with E-state index in [1.807, 2.05) is 25.2 Å². The topological polar surface area (TPSA) is 20.3 Å². The molecule has 0 saturated carbocycles. The average Bonchev–Trinajstić information content (AvgIpc) is 2.30. The van der Waals surface area contributed by atoms with Crippen molar-refractivity contribution in [3.63, 3.8) is 0 Å². The largest absolute Gasteiger partial charge is 0.401 e. The number of rotatable bonds is 2. The quantitative estimate of drug-likeness (QED) is 0.343. The Bertz CT molecular complexity index is 476. The fourth-order valence-electron chi connectivity index (χ4n) is 1.66. The van der Waals surface area contributed by atoms with Crippen LogP contribution in [0.3, 0.4) is 0 Å². The number of likely N-dealkylation sites (tertiary alicyclic amines) is 1. The molecule has 6 heteroatoms. The first-order chi connectivity index (χ1) is 7.61. The van der Waals surface area contributed by atoms with Gasteiger partial charge in [0.05, 0.1) is 0 Å². The molecule has 1 aliphatic rings. The van der Waals surface area contributed by atoms with Gasteiger partial charge in [-0.25, -0.2) is 7.36 Å². The van der Waals surface area contributed by atoms with Crippen LogP contribution >= 0.6 is 15.4 Å². The Morgan fingerprint density at radius 1 is 1.41 bits per heavy atom. The van der Waals surface area contributed by atoms with Crippen LogP contribution < -0.4 is 5.30 Å². The third-order valence-electron chi connectivity index (χ3n) is 2.58. The monoisotopic (exact) mass is 358 g/mol. The number of benzene rings is 1. The molecule has 1 amide bonds. The van der Waals surface area contributed by atoms with Crippen LogP contribution in [0.4, 0.5) is 0 Å². The second kappa shape index (κ2) is 6.78. The summed E-state index contributed by atoms with van der Waals surface area (Å²) in [4.78, 5) is 13.2. The minimum Gasteiger partial charge on any atom is -0.401 e. The smallest absolute Gasteiger partial charge is 0.193 e. The van der Waals surface area contributed by atoms with E-state index in [9.17, 15) is 4.79 Å². The second-order valence-electron chi connectivity index (χ2n) is 3.69. The second-order valence-corrected chi connectivity index (χ2v) is 9.58. The van der Waals surface area contributed by atoms with E-state index in [2.05, 4.69) is 27.1 Å². The van der Waals surface area contributed by atoms with E-state index in [1.165, 1.54) is 12.7 Å². The molecule has 1 radical (unpaired) electrons. The molecule has 0 N–H and O–H groups in total. The van der Waals surface area contributed by atoms with Crippen LogP contribution in [-0.4, -0.2) is 23.2 Å². The maximum Gasteiger partial charge on any atom is 0.193 e. The molecule has 0 bridgehead atoms. The third-order valence-corrected chi connectivity index (χ3v) is 7.80. The molecule has 2 nitrogen and oxygen atoms in total. The molecule has 2 atom stereocenters. The predicted molar refractivity (Wildman–Crippen MR) is 74.1 cm³/mol. The maximum absolute atomic E-state index is 11.4. The Balaban J connectivity index is 0.00000144. The Morgan fingerprint density at radius 2 is 2.00 bits per heavy atom. The summed E-state index contributed by atoms with van der Waals surface area (Å²) in [5, 5.41) is 1.49. The summed E-state index contributed by atoms with van der Waals surface area (Å²) in [6.07, 6.45) is 0. The van der Waals surface area contributed by atoms with E-state index >= 15 is 0 Å². The van der Waals surface area contributed by atoms with Crippen molar-refractivity contribution in [2.75, 3.05) is 7.05 Å². The van der Waals surface area contributed by atoms with Gasteiger partial charge in [-0.3, -0.25) is 12.8 Å². The molecule has 89 valence electrons. The number of β-lactam (4-membered cyclic amide) rings is 1. The molecule has 2 unspecified atom stereocenters. The predicted octanol–water partition coefficient (Wildman–Crippen LogP) is 2.10. The first kappa shape index (κ1) is 15.8. The minimum atomic E-state index is -0.0953. The summed E-state index contributed by atoms with van der Waals surface area (Å²) in [7, 11) is 6.75. The fourth-order valence-corrected chi connectivity index (χ4v) is 7.27. The summed E-state index contributed by atoms with van der Waals surface area (Å²) in [5.74, 6) is 0.0473. The van der Waals surface area contributed by atoms with Gasteiger partial charge < -0.3 is 21.1 Å². The standard InChI is InChI=1S/C11H13NOP2S.Y/c1-8-10(13)12(2)11(8)16(14)15-9-6-4-3-5-7-9;/h3-8,11,14H,1H2,2H3;/q-2;. The van der Waals surface area contributed by atoms with E-state index < -0.39 is 0 Å². The van der Waals surface area contributed by atoms with Gasteiger partial charge in [-0.1, -0.05) is 41.6 Å². The van der Waals surface area contributed by atoms with Crippen LogP contribution in [0, 0.1) is 12.8 Å². The first-order valence-corrected chi connectivity index (χ1v) is 8.93. The van der Waals surface area contributed by atoms with Crippen molar-refractivity contribution in [1.82, 2.24) is 4.90 Å². The number of hydrogen-bond acceptors (Lipinski definition) is 2. The number of hydrogen-bond donors (Lipinski definition) is 0. The summed E-state index contributed by atoms with van der Waals surface area (Å²) >= 11 is 0. The van der Waals surface area contributed by atoms with E-state index in [4.69, 9.17) is 0 Å². The number of amides is 1. The van der Waals surface area contributed by atoms with Gasteiger partial charge in [0.15, 0.2) is 5.91 Å². The first-order valence-electron chi connectivity index (χ1n) is 4.92. The Hall–Kier alpha value is 0.744. The molecule has 1 saturated heterocycles. The minimum absolute atomic E-state index is 0. The Morgan fingerprint density at radius 3 is 2.53 bits per heavy atom. The molecule has 1 aliphatic heterocycles. The maximum atomic E-state index is 11.4. The summed E-state index contributed by atoms with van der Waals surface area (Å²) in [6, 6.07) is 10.3. The summed E-state index contributed by atoms with van der Waals surface area (Å²) < 4.78 is 0. The zero-order valence-electron chi connectivity index (χ0n) is 9.54. The molecule has 1 aromatic rings. The molecule has 17 heavy (non-hydrogen) atoms. The molecular formula is C11H13NOP2SY-2. The van der Waals surface area contributed by atoms with Crippen molar-refractivity contribution >= 4 is 35.8 Å². The van der Waals surface area contributed by atoms with Gasteiger partial charge in [0, 0.05) is 39.8 Å². The van der Waals surface area contributed by atoms with Gasteiger partial charge in [0.2, 0.25) is 0 Å². The fraction of sp³-hybridized carbons (Fsp3) is 0.273. The van der Waals surface area contributed by atoms with Crippen molar-refractivity contribution in [2.24, 2.45) is 5.92 Å². The van der Waals surface area contributed by atoms with Gasteiger partial charge in [-0.2, -0.15) is 0 Å². The molecule has 0 spiro atoms. The summed E-state index contributed by atoms with van der Waals surface area (Å²) in [6.45, 7) is 3.90. The van der Waals surface area contributed by atoms with Crippen LogP contribution in [0.1, 0.15) is 0 Å². The van der Waals surface area contributed by atoms with Crippen molar-refractivity contribution in [3.05, 3.63) is 37.3 Å². The van der Waals surface area contributed by atoms with Crippen LogP contribution in [0.25, 0.3) is 0 Å². The van der Waals surface area contributed by atoms with Gasteiger partial charge in [-0.15, -0.1) is 0 Å². The van der Waals surface area contributed by atoms with E-state index in [0.717, 1.165) is 0 Å². The van der Waals surface area contributed by atoms with E-state index in [-0.39, 0.29) is 59.2 Å².